The van der Waals surface area contributed by atoms with E-state index in [4.69, 9.17) is 9.47 Å². The van der Waals surface area contributed by atoms with Crippen LogP contribution in [0.2, 0.25) is 0 Å². The van der Waals surface area contributed by atoms with Crippen molar-refractivity contribution in [2.75, 3.05) is 20.2 Å². The van der Waals surface area contributed by atoms with Gasteiger partial charge in [0.1, 0.15) is 6.10 Å². The number of hydrogen-bond acceptors (Lipinski definition) is 5. The summed E-state index contributed by atoms with van der Waals surface area (Å²) in [6.07, 6.45) is 5.55. The number of piperidine rings is 1. The lowest BCUT2D eigenvalue weighted by molar-refractivity contribution is 0.0808. The highest BCUT2D eigenvalue weighted by Crippen LogP contribution is 2.18. The summed E-state index contributed by atoms with van der Waals surface area (Å²) in [5, 5.41) is 0. The molecule has 0 radical (unpaired) electrons. The van der Waals surface area contributed by atoms with Gasteiger partial charge in [-0.3, -0.25) is 0 Å². The predicted octanol–water partition coefficient (Wildman–Crippen LogP) is 1.74. The SMILES string of the molecule is COc1cnc(OC2CCN(C(C)C)CC2)cn1. The zero-order chi connectivity index (χ0) is 13.0. The Morgan fingerprint density at radius 1 is 1.17 bits per heavy atom. The van der Waals surface area contributed by atoms with Gasteiger partial charge in [-0.25, -0.2) is 9.97 Å². The minimum atomic E-state index is 0.252. The fourth-order valence-electron chi connectivity index (χ4n) is 2.15. The van der Waals surface area contributed by atoms with Crippen LogP contribution in [-0.4, -0.2) is 47.2 Å². The van der Waals surface area contributed by atoms with Gasteiger partial charge >= 0.3 is 0 Å². The number of rotatable bonds is 4. The van der Waals surface area contributed by atoms with Gasteiger partial charge in [0.25, 0.3) is 0 Å². The third kappa shape index (κ3) is 3.32. The highest BCUT2D eigenvalue weighted by molar-refractivity contribution is 5.11. The van der Waals surface area contributed by atoms with Crippen LogP contribution in [0.15, 0.2) is 12.4 Å². The fraction of sp³-hybridized carbons (Fsp3) is 0.692. The molecule has 100 valence electrons. The lowest BCUT2D eigenvalue weighted by atomic mass is 10.1. The monoisotopic (exact) mass is 251 g/mol. The van der Waals surface area contributed by atoms with Gasteiger partial charge in [-0.1, -0.05) is 0 Å². The van der Waals surface area contributed by atoms with E-state index in [1.807, 2.05) is 0 Å². The first-order valence-corrected chi connectivity index (χ1v) is 6.46. The molecule has 2 heterocycles. The van der Waals surface area contributed by atoms with Crippen molar-refractivity contribution in [3.05, 3.63) is 12.4 Å². The van der Waals surface area contributed by atoms with Gasteiger partial charge in [0.2, 0.25) is 11.8 Å². The zero-order valence-corrected chi connectivity index (χ0v) is 11.3. The highest BCUT2D eigenvalue weighted by Gasteiger charge is 2.22. The fourth-order valence-corrected chi connectivity index (χ4v) is 2.15. The summed E-state index contributed by atoms with van der Waals surface area (Å²) >= 11 is 0. The van der Waals surface area contributed by atoms with Crippen molar-refractivity contribution in [2.24, 2.45) is 0 Å². The van der Waals surface area contributed by atoms with Crippen molar-refractivity contribution in [1.29, 1.82) is 0 Å². The van der Waals surface area contributed by atoms with Crippen LogP contribution >= 0.6 is 0 Å². The lowest BCUT2D eigenvalue weighted by Crippen LogP contribution is -2.41. The Morgan fingerprint density at radius 3 is 2.28 bits per heavy atom. The average molecular weight is 251 g/mol. The summed E-state index contributed by atoms with van der Waals surface area (Å²) in [5.74, 6) is 1.09. The summed E-state index contributed by atoms with van der Waals surface area (Å²) in [4.78, 5) is 10.7. The summed E-state index contributed by atoms with van der Waals surface area (Å²) in [6.45, 7) is 6.64. The molecule has 0 bridgehead atoms. The Labute approximate surface area is 108 Å². The lowest BCUT2D eigenvalue weighted by Gasteiger charge is -2.34. The molecule has 18 heavy (non-hydrogen) atoms. The second-order valence-electron chi connectivity index (χ2n) is 4.84. The van der Waals surface area contributed by atoms with Gasteiger partial charge in [0, 0.05) is 19.1 Å². The van der Waals surface area contributed by atoms with E-state index in [1.54, 1.807) is 19.5 Å². The minimum Gasteiger partial charge on any atom is -0.480 e. The molecule has 0 aromatic carbocycles. The molecule has 0 atom stereocenters. The van der Waals surface area contributed by atoms with Crippen molar-refractivity contribution in [3.8, 4) is 11.8 Å². The van der Waals surface area contributed by atoms with Crippen LogP contribution in [0, 0.1) is 0 Å². The van der Waals surface area contributed by atoms with Crippen LogP contribution in [0.1, 0.15) is 26.7 Å². The standard InChI is InChI=1S/C13H21N3O2/c1-10(2)16-6-4-11(5-7-16)18-13-9-14-12(17-3)8-15-13/h8-11H,4-7H2,1-3H3. The van der Waals surface area contributed by atoms with E-state index in [9.17, 15) is 0 Å². The Hall–Kier alpha value is -1.36. The molecule has 2 rings (SSSR count). The average Bonchev–Trinajstić information content (AvgIpc) is 2.40. The molecule has 1 fully saturated rings. The van der Waals surface area contributed by atoms with Crippen molar-refractivity contribution in [3.63, 3.8) is 0 Å². The molecular weight excluding hydrogens is 230 g/mol. The molecular formula is C13H21N3O2. The zero-order valence-electron chi connectivity index (χ0n) is 11.3. The Kier molecular flexibility index (Phi) is 4.36. The van der Waals surface area contributed by atoms with Gasteiger partial charge in [-0.05, 0) is 26.7 Å². The molecule has 0 saturated carbocycles. The Morgan fingerprint density at radius 2 is 1.78 bits per heavy atom. The maximum Gasteiger partial charge on any atom is 0.232 e. The molecule has 5 nitrogen and oxygen atoms in total. The van der Waals surface area contributed by atoms with Crippen LogP contribution in [0.25, 0.3) is 0 Å². The van der Waals surface area contributed by atoms with Gasteiger partial charge < -0.3 is 14.4 Å². The molecule has 1 saturated heterocycles. The van der Waals surface area contributed by atoms with Crippen molar-refractivity contribution in [2.45, 2.75) is 38.8 Å². The first-order valence-electron chi connectivity index (χ1n) is 6.46. The van der Waals surface area contributed by atoms with Crippen molar-refractivity contribution >= 4 is 0 Å². The predicted molar refractivity (Wildman–Crippen MR) is 68.9 cm³/mol. The van der Waals surface area contributed by atoms with Crippen LogP contribution in [0.4, 0.5) is 0 Å². The van der Waals surface area contributed by atoms with E-state index in [-0.39, 0.29) is 6.10 Å². The van der Waals surface area contributed by atoms with Crippen LogP contribution < -0.4 is 9.47 Å². The topological polar surface area (TPSA) is 47.5 Å². The number of likely N-dealkylation sites (tertiary alicyclic amines) is 1. The summed E-state index contributed by atoms with van der Waals surface area (Å²) in [7, 11) is 1.58. The Balaban J connectivity index is 1.83. The number of methoxy groups -OCH3 is 1. The largest absolute Gasteiger partial charge is 0.480 e. The van der Waals surface area contributed by atoms with E-state index < -0.39 is 0 Å². The van der Waals surface area contributed by atoms with E-state index in [2.05, 4.69) is 28.7 Å². The molecule has 1 aromatic rings. The normalized spacial score (nSPS) is 18.0. The number of nitrogens with zero attached hydrogens (tertiary/aromatic N) is 3. The minimum absolute atomic E-state index is 0.252. The van der Waals surface area contributed by atoms with Crippen molar-refractivity contribution < 1.29 is 9.47 Å². The molecule has 1 aromatic heterocycles. The first-order chi connectivity index (χ1) is 8.69. The van der Waals surface area contributed by atoms with E-state index in [0.29, 0.717) is 17.8 Å². The number of aromatic nitrogens is 2. The van der Waals surface area contributed by atoms with Gasteiger partial charge in [-0.2, -0.15) is 0 Å². The number of hydrogen-bond donors (Lipinski definition) is 0. The third-order valence-corrected chi connectivity index (χ3v) is 3.31. The van der Waals surface area contributed by atoms with Gasteiger partial charge in [0.05, 0.1) is 19.5 Å². The quantitative estimate of drug-likeness (QED) is 0.815. The summed E-state index contributed by atoms with van der Waals surface area (Å²) < 4.78 is 10.8. The highest BCUT2D eigenvalue weighted by atomic mass is 16.5. The number of ether oxygens (including phenoxy) is 2. The van der Waals surface area contributed by atoms with Gasteiger partial charge in [0.15, 0.2) is 0 Å². The molecule has 0 amide bonds. The molecule has 1 aliphatic heterocycles. The van der Waals surface area contributed by atoms with E-state index in [1.165, 1.54) is 0 Å². The molecule has 5 heteroatoms. The van der Waals surface area contributed by atoms with Crippen LogP contribution in [-0.2, 0) is 0 Å². The van der Waals surface area contributed by atoms with Crippen LogP contribution in [0.3, 0.4) is 0 Å². The van der Waals surface area contributed by atoms with Crippen molar-refractivity contribution in [1.82, 2.24) is 14.9 Å². The molecule has 0 aliphatic carbocycles. The maximum absolute atomic E-state index is 5.83. The molecule has 0 unspecified atom stereocenters. The molecule has 0 N–H and O–H groups in total. The Bertz CT molecular complexity index is 359. The first kappa shape index (κ1) is 13.1. The molecule has 1 aliphatic rings. The van der Waals surface area contributed by atoms with E-state index in [0.717, 1.165) is 25.9 Å². The smallest absolute Gasteiger partial charge is 0.232 e. The van der Waals surface area contributed by atoms with Crippen LogP contribution in [0.5, 0.6) is 11.8 Å². The maximum atomic E-state index is 5.83. The van der Waals surface area contributed by atoms with E-state index >= 15 is 0 Å². The molecule has 0 spiro atoms. The summed E-state index contributed by atoms with van der Waals surface area (Å²) in [5.41, 5.74) is 0. The second-order valence-corrected chi connectivity index (χ2v) is 4.84. The third-order valence-electron chi connectivity index (χ3n) is 3.31. The van der Waals surface area contributed by atoms with Gasteiger partial charge in [-0.15, -0.1) is 0 Å². The second kappa shape index (κ2) is 6.00. The summed E-state index contributed by atoms with van der Waals surface area (Å²) in [6, 6.07) is 0.617.